The first kappa shape index (κ1) is 38.9. The molecule has 7 aromatic rings. The summed E-state index contributed by atoms with van der Waals surface area (Å²) in [5.74, 6) is 3.86. The topological polar surface area (TPSA) is 172 Å². The van der Waals surface area contributed by atoms with Crippen LogP contribution >= 0.6 is 0 Å². The molecule has 2 aliphatic rings. The van der Waals surface area contributed by atoms with E-state index >= 15 is 0 Å². The molecule has 6 N–H and O–H groups in total. The molecule has 0 unspecified atom stereocenters. The van der Waals surface area contributed by atoms with Gasteiger partial charge < -0.3 is 29.9 Å². The van der Waals surface area contributed by atoms with Crippen LogP contribution < -0.4 is 0 Å². The van der Waals surface area contributed by atoms with E-state index in [0.717, 1.165) is 190 Å². The summed E-state index contributed by atoms with van der Waals surface area (Å²) in [6.07, 6.45) is 28.4. The molecule has 0 spiro atoms. The number of aryl methyl sites for hydroxylation is 4. The van der Waals surface area contributed by atoms with E-state index in [1.165, 1.54) is 0 Å². The van der Waals surface area contributed by atoms with E-state index in [0.29, 0.717) is 0 Å². The average molecular weight is 799 g/mol. The zero-order valence-corrected chi connectivity index (χ0v) is 35.1. The molecule has 7 aromatic heterocycles. The molecular formula is C48H54N12. The van der Waals surface area contributed by atoms with Gasteiger partial charge in [0, 0.05) is 47.9 Å². The summed E-state index contributed by atoms with van der Waals surface area (Å²) < 4.78 is 0. The van der Waals surface area contributed by atoms with Crippen LogP contribution in [0, 0.1) is 0 Å². The van der Waals surface area contributed by atoms with Crippen molar-refractivity contribution in [2.24, 2.45) is 0 Å². The van der Waals surface area contributed by atoms with E-state index < -0.39 is 0 Å². The molecule has 0 fully saturated rings. The molecule has 12 nitrogen and oxygen atoms in total. The molecule has 0 radical (unpaired) electrons. The Balaban J connectivity index is 1.37. The number of rotatable bonds is 16. The lowest BCUT2D eigenvalue weighted by Crippen LogP contribution is -1.92. The first-order chi connectivity index (χ1) is 29.5. The van der Waals surface area contributed by atoms with Gasteiger partial charge >= 0.3 is 0 Å². The Hall–Kier alpha value is -6.56. The molecule has 0 aliphatic carbocycles. The largest absolute Gasteiger partial charge is 0.354 e. The summed E-state index contributed by atoms with van der Waals surface area (Å²) in [7, 11) is 0. The third kappa shape index (κ3) is 7.81. The third-order valence-electron chi connectivity index (χ3n) is 11.4. The lowest BCUT2D eigenvalue weighted by Gasteiger charge is -2.04. The standard InChI is InChI=1S/C48H54N12/c1-5-9-13-41-49-25-37(57-41)45-29-17-19-31(53-29)46(38-26-50-42(58-38)14-10-6-2)33-21-23-35(55-33)48(40-28-52-44(60-40)16-12-8-4)36-24-22-34(56-36)47(32-20-18-30(45)54-32)39-27-51-43(59-39)15-11-7-3/h17-28,53,56H,5-16H2,1-4H3,(H,49,57)(H,50,58)(H,51,59)(H,52,60). The third-order valence-corrected chi connectivity index (χ3v) is 11.4. The van der Waals surface area contributed by atoms with Gasteiger partial charge in [-0.3, -0.25) is 0 Å². The molecule has 9 heterocycles. The SMILES string of the molecule is CCCCc1ncc(-c2c3nc(c(-c4cnc(CCCC)[nH]4)c4ccc([nH]4)c(-c4cnc(CCCC)[nH]4)c4nc(c(-c5cnc(CCCC)[nH]5)c5ccc2[nH]5)C=C4)C=C3)[nH]1. The monoisotopic (exact) mass is 798 g/mol. The van der Waals surface area contributed by atoms with E-state index in [9.17, 15) is 0 Å². The molecule has 0 saturated heterocycles. The summed E-state index contributed by atoms with van der Waals surface area (Å²) >= 11 is 0. The van der Waals surface area contributed by atoms with Crippen molar-refractivity contribution in [1.82, 2.24) is 59.8 Å². The van der Waals surface area contributed by atoms with Gasteiger partial charge in [0.2, 0.25) is 0 Å². The number of unbranched alkanes of at least 4 members (excludes halogenated alkanes) is 4. The first-order valence-corrected chi connectivity index (χ1v) is 21.9. The van der Waals surface area contributed by atoms with Gasteiger partial charge in [-0.15, -0.1) is 0 Å². The number of hydrogen-bond acceptors (Lipinski definition) is 6. The number of hydrogen-bond donors (Lipinski definition) is 6. The second kappa shape index (κ2) is 17.3. The van der Waals surface area contributed by atoms with Crippen molar-refractivity contribution in [3.63, 3.8) is 0 Å². The molecule has 12 heteroatoms. The van der Waals surface area contributed by atoms with E-state index in [-0.39, 0.29) is 0 Å². The Morgan fingerprint density at radius 1 is 0.350 bits per heavy atom. The van der Waals surface area contributed by atoms with Gasteiger partial charge in [-0.05, 0) is 74.3 Å². The minimum absolute atomic E-state index is 0.828. The van der Waals surface area contributed by atoms with Crippen LogP contribution in [0.15, 0.2) is 49.1 Å². The summed E-state index contributed by atoms with van der Waals surface area (Å²) in [5.41, 5.74) is 14.3. The van der Waals surface area contributed by atoms with Crippen LogP contribution in [0.25, 0.3) is 91.4 Å². The van der Waals surface area contributed by atoms with Gasteiger partial charge in [0.15, 0.2) is 0 Å². The summed E-state index contributed by atoms with van der Waals surface area (Å²) in [6.45, 7) is 8.82. The van der Waals surface area contributed by atoms with Crippen LogP contribution in [0.5, 0.6) is 0 Å². The van der Waals surface area contributed by atoms with Crippen molar-refractivity contribution in [2.45, 2.75) is 105 Å². The fraction of sp³-hybridized carbons (Fsp3) is 0.333. The minimum Gasteiger partial charge on any atom is -0.354 e. The maximum atomic E-state index is 5.43. The normalized spacial score (nSPS) is 12.3. The molecule has 0 saturated carbocycles. The predicted octanol–water partition coefficient (Wildman–Crippen LogP) is 11.6. The Morgan fingerprint density at radius 3 is 0.833 bits per heavy atom. The molecule has 9 rings (SSSR count). The minimum atomic E-state index is 0.828. The smallest absolute Gasteiger partial charge is 0.106 e. The highest BCUT2D eigenvalue weighted by molar-refractivity contribution is 5.98. The molecule has 0 atom stereocenters. The fourth-order valence-corrected chi connectivity index (χ4v) is 8.18. The quantitative estimate of drug-likeness (QED) is 0.0568. The number of nitrogens with one attached hydrogen (secondary N) is 6. The number of nitrogens with zero attached hydrogens (tertiary/aromatic N) is 6. The van der Waals surface area contributed by atoms with Crippen molar-refractivity contribution in [3.05, 3.63) is 95.1 Å². The van der Waals surface area contributed by atoms with Crippen LogP contribution in [0.4, 0.5) is 0 Å². The van der Waals surface area contributed by atoms with Crippen LogP contribution in [-0.4, -0.2) is 59.8 Å². The zero-order chi connectivity index (χ0) is 41.0. The highest BCUT2D eigenvalue weighted by Gasteiger charge is 2.21. The van der Waals surface area contributed by atoms with Crippen LogP contribution in [0.1, 0.15) is 125 Å². The number of aromatic amines is 6. The number of imidazole rings is 4. The summed E-state index contributed by atoms with van der Waals surface area (Å²) in [4.78, 5) is 52.4. The van der Waals surface area contributed by atoms with Gasteiger partial charge in [0.05, 0.1) is 92.4 Å². The average Bonchev–Trinajstić information content (AvgIpc) is 4.10. The van der Waals surface area contributed by atoms with Crippen LogP contribution in [0.3, 0.4) is 0 Å². The van der Waals surface area contributed by atoms with Crippen molar-refractivity contribution >= 4 is 46.4 Å². The van der Waals surface area contributed by atoms with Crippen molar-refractivity contribution < 1.29 is 0 Å². The van der Waals surface area contributed by atoms with E-state index in [2.05, 4.69) is 106 Å². The predicted molar refractivity (Wildman–Crippen MR) is 244 cm³/mol. The first-order valence-electron chi connectivity index (χ1n) is 21.9. The van der Waals surface area contributed by atoms with Gasteiger partial charge in [0.25, 0.3) is 0 Å². The highest BCUT2D eigenvalue weighted by atomic mass is 15.0. The van der Waals surface area contributed by atoms with Gasteiger partial charge in [-0.25, -0.2) is 29.9 Å². The van der Waals surface area contributed by atoms with Crippen molar-refractivity contribution in [1.29, 1.82) is 0 Å². The van der Waals surface area contributed by atoms with Crippen molar-refractivity contribution in [2.75, 3.05) is 0 Å². The lowest BCUT2D eigenvalue weighted by molar-refractivity contribution is 0.763. The molecule has 60 heavy (non-hydrogen) atoms. The molecular weight excluding hydrogens is 745 g/mol. The van der Waals surface area contributed by atoms with Crippen molar-refractivity contribution in [3.8, 4) is 45.0 Å². The molecule has 306 valence electrons. The number of H-pyrrole nitrogens is 6. The second-order valence-electron chi connectivity index (χ2n) is 15.9. The Bertz CT molecular complexity index is 2470. The maximum absolute atomic E-state index is 5.43. The van der Waals surface area contributed by atoms with Gasteiger partial charge in [-0.2, -0.15) is 0 Å². The number of aromatic nitrogens is 12. The molecule has 0 amide bonds. The molecule has 2 aliphatic heterocycles. The number of fused-ring (bicyclic) bond motifs is 8. The van der Waals surface area contributed by atoms with E-state index in [1.807, 2.05) is 24.8 Å². The Kier molecular flexibility index (Phi) is 11.3. The highest BCUT2D eigenvalue weighted by Crippen LogP contribution is 2.37. The van der Waals surface area contributed by atoms with E-state index in [4.69, 9.17) is 29.9 Å². The zero-order valence-electron chi connectivity index (χ0n) is 35.1. The summed E-state index contributed by atoms with van der Waals surface area (Å²) in [5, 5.41) is 0. The molecule has 0 aromatic carbocycles. The van der Waals surface area contributed by atoms with Crippen LogP contribution in [-0.2, 0) is 25.7 Å². The maximum Gasteiger partial charge on any atom is 0.106 e. The van der Waals surface area contributed by atoms with Gasteiger partial charge in [-0.1, -0.05) is 53.4 Å². The second-order valence-corrected chi connectivity index (χ2v) is 15.9. The Labute approximate surface area is 350 Å². The fourth-order valence-electron chi connectivity index (χ4n) is 8.18. The van der Waals surface area contributed by atoms with E-state index in [1.54, 1.807) is 0 Å². The lowest BCUT2D eigenvalue weighted by atomic mass is 10.1. The summed E-state index contributed by atoms with van der Waals surface area (Å²) in [6, 6.07) is 8.55. The molecule has 8 bridgehead atoms. The van der Waals surface area contributed by atoms with Crippen LogP contribution in [0.2, 0.25) is 0 Å². The van der Waals surface area contributed by atoms with Gasteiger partial charge in [0.1, 0.15) is 23.3 Å². The Morgan fingerprint density at radius 2 is 0.600 bits per heavy atom.